The number of nitrogens with zero attached hydrogens (tertiary/aromatic N) is 3. The summed E-state index contributed by atoms with van der Waals surface area (Å²) in [6.07, 6.45) is 4.94. The largest absolute Gasteiger partial charge is 0.342 e. The number of benzene rings is 2. The van der Waals surface area contributed by atoms with Crippen molar-refractivity contribution in [1.82, 2.24) is 4.90 Å². The van der Waals surface area contributed by atoms with Gasteiger partial charge in [0, 0.05) is 13.1 Å². The van der Waals surface area contributed by atoms with Gasteiger partial charge in [-0.25, -0.2) is 9.38 Å². The fourth-order valence-corrected chi connectivity index (χ4v) is 4.39. The Hall–Kier alpha value is -2.93. The molecule has 2 heterocycles. The van der Waals surface area contributed by atoms with Gasteiger partial charge in [0.15, 0.2) is 5.17 Å². The zero-order chi connectivity index (χ0) is 20.9. The van der Waals surface area contributed by atoms with E-state index in [0.29, 0.717) is 16.6 Å². The highest BCUT2D eigenvalue weighted by molar-refractivity contribution is 8.14. The molecule has 5 nitrogen and oxygen atoms in total. The molecular formula is C23H22FN3O2S. The second-order valence-corrected chi connectivity index (χ2v) is 8.12. The van der Waals surface area contributed by atoms with Crippen LogP contribution in [0, 0.1) is 5.82 Å². The third-order valence-electron chi connectivity index (χ3n) is 5.05. The van der Waals surface area contributed by atoms with E-state index in [1.807, 2.05) is 35.2 Å². The van der Waals surface area contributed by atoms with Crippen molar-refractivity contribution in [2.75, 3.05) is 23.7 Å². The van der Waals surface area contributed by atoms with Crippen LogP contribution in [0.3, 0.4) is 0 Å². The number of piperidine rings is 1. The van der Waals surface area contributed by atoms with Crippen molar-refractivity contribution in [1.29, 1.82) is 0 Å². The molecule has 0 spiro atoms. The van der Waals surface area contributed by atoms with E-state index in [9.17, 15) is 14.0 Å². The molecule has 30 heavy (non-hydrogen) atoms. The van der Waals surface area contributed by atoms with E-state index < -0.39 is 0 Å². The quantitative estimate of drug-likeness (QED) is 0.689. The highest BCUT2D eigenvalue weighted by Crippen LogP contribution is 2.30. The van der Waals surface area contributed by atoms with Gasteiger partial charge in [0.2, 0.25) is 5.91 Å². The molecule has 2 aromatic rings. The Morgan fingerprint density at radius 2 is 1.73 bits per heavy atom. The van der Waals surface area contributed by atoms with Gasteiger partial charge in [-0.15, -0.1) is 0 Å². The molecule has 0 unspecified atom stereocenters. The summed E-state index contributed by atoms with van der Waals surface area (Å²) < 4.78 is 13.4. The third-order valence-corrected chi connectivity index (χ3v) is 5.97. The number of halogens is 1. The Kier molecular flexibility index (Phi) is 6.28. The van der Waals surface area contributed by atoms with Crippen LogP contribution in [0.25, 0.3) is 6.08 Å². The second kappa shape index (κ2) is 9.26. The van der Waals surface area contributed by atoms with Gasteiger partial charge in [-0.1, -0.05) is 42.1 Å². The van der Waals surface area contributed by atoms with Gasteiger partial charge < -0.3 is 4.90 Å². The number of anilines is 1. The summed E-state index contributed by atoms with van der Waals surface area (Å²) >= 11 is 1.24. The summed E-state index contributed by atoms with van der Waals surface area (Å²) in [5.41, 5.74) is 1.67. The number of thioether (sulfide) groups is 1. The highest BCUT2D eigenvalue weighted by atomic mass is 32.2. The molecule has 2 amide bonds. The van der Waals surface area contributed by atoms with Crippen molar-refractivity contribution in [3.05, 3.63) is 71.7 Å². The minimum atomic E-state index is -0.378. The number of amidine groups is 1. The van der Waals surface area contributed by atoms with Gasteiger partial charge in [0.1, 0.15) is 11.5 Å². The van der Waals surface area contributed by atoms with Crippen LogP contribution in [-0.4, -0.2) is 40.7 Å². The van der Waals surface area contributed by atoms with Gasteiger partial charge in [-0.3, -0.25) is 14.5 Å². The van der Waals surface area contributed by atoms with Crippen LogP contribution in [0.1, 0.15) is 24.8 Å². The first-order valence-electron chi connectivity index (χ1n) is 9.98. The zero-order valence-corrected chi connectivity index (χ0v) is 17.3. The lowest BCUT2D eigenvalue weighted by Crippen LogP contribution is -2.38. The molecule has 0 aliphatic carbocycles. The number of amides is 2. The number of likely N-dealkylation sites (tertiary alicyclic amines) is 1. The molecule has 0 radical (unpaired) electrons. The molecule has 1 saturated heterocycles. The Morgan fingerprint density at radius 1 is 1.03 bits per heavy atom. The molecule has 0 bridgehead atoms. The van der Waals surface area contributed by atoms with E-state index in [1.54, 1.807) is 18.2 Å². The number of aliphatic imine (C=N–C) groups is 1. The SMILES string of the molecule is O=C(CSC1=N/C(=C/c2ccccc2)C(=O)N1c1ccc(F)cc1)N1CCCCC1. The average Bonchev–Trinajstić information content (AvgIpc) is 3.09. The molecular weight excluding hydrogens is 401 g/mol. The first-order valence-corrected chi connectivity index (χ1v) is 11.0. The summed E-state index contributed by atoms with van der Waals surface area (Å²) in [5.74, 6) is -0.410. The Labute approximate surface area is 179 Å². The van der Waals surface area contributed by atoms with Crippen LogP contribution >= 0.6 is 11.8 Å². The fourth-order valence-electron chi connectivity index (χ4n) is 3.48. The molecule has 0 atom stereocenters. The predicted octanol–water partition coefficient (Wildman–Crippen LogP) is 4.32. The first kappa shape index (κ1) is 20.3. The normalized spacial score (nSPS) is 18.1. The number of carbonyl (C=O) groups is 2. The smallest absolute Gasteiger partial charge is 0.283 e. The topological polar surface area (TPSA) is 53.0 Å². The molecule has 1 fully saturated rings. The highest BCUT2D eigenvalue weighted by Gasteiger charge is 2.32. The summed E-state index contributed by atoms with van der Waals surface area (Å²) in [4.78, 5) is 33.5. The van der Waals surface area contributed by atoms with Gasteiger partial charge >= 0.3 is 0 Å². The van der Waals surface area contributed by atoms with E-state index in [4.69, 9.17) is 0 Å². The Balaban J connectivity index is 1.58. The number of carbonyl (C=O) groups excluding carboxylic acids is 2. The maximum absolute atomic E-state index is 13.4. The molecule has 2 aromatic carbocycles. The molecule has 0 aromatic heterocycles. The minimum absolute atomic E-state index is 0.0504. The van der Waals surface area contributed by atoms with Gasteiger partial charge in [-0.05, 0) is 55.2 Å². The first-order chi connectivity index (χ1) is 14.6. The third kappa shape index (κ3) is 4.62. The van der Waals surface area contributed by atoms with Crippen LogP contribution < -0.4 is 4.90 Å². The fraction of sp³-hybridized carbons (Fsp3) is 0.261. The van der Waals surface area contributed by atoms with Crippen LogP contribution in [-0.2, 0) is 9.59 Å². The predicted molar refractivity (Wildman–Crippen MR) is 119 cm³/mol. The number of hydrogen-bond donors (Lipinski definition) is 0. The average molecular weight is 424 g/mol. The van der Waals surface area contributed by atoms with Crippen molar-refractivity contribution in [3.63, 3.8) is 0 Å². The maximum atomic E-state index is 13.4. The van der Waals surface area contributed by atoms with Crippen LogP contribution in [0.5, 0.6) is 0 Å². The number of hydrogen-bond acceptors (Lipinski definition) is 4. The summed E-state index contributed by atoms with van der Waals surface area (Å²) in [6.45, 7) is 1.57. The summed E-state index contributed by atoms with van der Waals surface area (Å²) in [7, 11) is 0. The van der Waals surface area contributed by atoms with Crippen molar-refractivity contribution >= 4 is 40.5 Å². The molecule has 0 saturated carbocycles. The van der Waals surface area contributed by atoms with Gasteiger partial charge in [0.05, 0.1) is 11.4 Å². The van der Waals surface area contributed by atoms with E-state index in [1.165, 1.54) is 28.8 Å². The number of rotatable bonds is 4. The van der Waals surface area contributed by atoms with Crippen molar-refractivity contribution < 1.29 is 14.0 Å². The lowest BCUT2D eigenvalue weighted by atomic mass is 10.1. The van der Waals surface area contributed by atoms with Gasteiger partial charge in [-0.2, -0.15) is 0 Å². The molecule has 4 rings (SSSR count). The van der Waals surface area contributed by atoms with Crippen molar-refractivity contribution in [2.24, 2.45) is 4.99 Å². The zero-order valence-electron chi connectivity index (χ0n) is 16.5. The van der Waals surface area contributed by atoms with Crippen LogP contribution in [0.2, 0.25) is 0 Å². The maximum Gasteiger partial charge on any atom is 0.283 e. The lowest BCUT2D eigenvalue weighted by Gasteiger charge is -2.26. The molecule has 2 aliphatic heterocycles. The van der Waals surface area contributed by atoms with Crippen LogP contribution in [0.4, 0.5) is 10.1 Å². The van der Waals surface area contributed by atoms with Crippen molar-refractivity contribution in [3.8, 4) is 0 Å². The molecule has 7 heteroatoms. The second-order valence-electron chi connectivity index (χ2n) is 7.18. The van der Waals surface area contributed by atoms with Crippen molar-refractivity contribution in [2.45, 2.75) is 19.3 Å². The monoisotopic (exact) mass is 423 g/mol. The summed E-state index contributed by atoms with van der Waals surface area (Å²) in [5, 5.41) is 0.430. The molecule has 2 aliphatic rings. The minimum Gasteiger partial charge on any atom is -0.342 e. The standard InChI is InChI=1S/C23H22FN3O2S/c24-18-9-11-19(12-10-18)27-22(29)20(15-17-7-3-1-4-8-17)25-23(27)30-16-21(28)26-13-5-2-6-14-26/h1,3-4,7-12,15H,2,5-6,13-14,16H2/b20-15+. The molecule has 0 N–H and O–H groups in total. The van der Waals surface area contributed by atoms with Gasteiger partial charge in [0.25, 0.3) is 5.91 Å². The molecule has 154 valence electrons. The Morgan fingerprint density at radius 3 is 2.43 bits per heavy atom. The Bertz CT molecular complexity index is 983. The summed E-state index contributed by atoms with van der Waals surface area (Å²) in [6, 6.07) is 15.2. The van der Waals surface area contributed by atoms with E-state index in [0.717, 1.165) is 37.9 Å². The van der Waals surface area contributed by atoms with E-state index in [2.05, 4.69) is 4.99 Å². The lowest BCUT2D eigenvalue weighted by molar-refractivity contribution is -0.129. The van der Waals surface area contributed by atoms with E-state index >= 15 is 0 Å². The van der Waals surface area contributed by atoms with E-state index in [-0.39, 0.29) is 23.4 Å². The van der Waals surface area contributed by atoms with Crippen LogP contribution in [0.15, 0.2) is 65.3 Å².